The zero-order valence-electron chi connectivity index (χ0n) is 18.0. The maximum absolute atomic E-state index is 14.5. The summed E-state index contributed by atoms with van der Waals surface area (Å²) >= 11 is 0. The second-order valence-corrected chi connectivity index (χ2v) is 8.57. The first-order chi connectivity index (χ1) is 14.5. The molecular weight excluding hydrogens is 402 g/mol. The molecule has 2 aromatic rings. The summed E-state index contributed by atoms with van der Waals surface area (Å²) < 4.78 is 27.8. The maximum Gasteiger partial charge on any atom is 0.318 e. The summed E-state index contributed by atoms with van der Waals surface area (Å²) in [5.74, 6) is -1.27. The molecule has 0 aromatic heterocycles. The Kier molecular flexibility index (Phi) is 6.38. The number of likely N-dealkylation sites (N-methyl/N-ethyl adjacent to an activating group) is 1. The highest BCUT2D eigenvalue weighted by Gasteiger charge is 2.35. The van der Waals surface area contributed by atoms with E-state index in [-0.39, 0.29) is 18.8 Å². The number of halogens is 2. The Bertz CT molecular complexity index is 999. The van der Waals surface area contributed by atoms with E-state index in [0.29, 0.717) is 16.8 Å². The van der Waals surface area contributed by atoms with Crippen LogP contribution in [0.15, 0.2) is 53.6 Å². The first-order valence-electron chi connectivity index (χ1n) is 9.98. The van der Waals surface area contributed by atoms with Crippen LogP contribution in [-0.2, 0) is 4.79 Å². The Morgan fingerprint density at radius 3 is 2.39 bits per heavy atom. The van der Waals surface area contributed by atoms with Gasteiger partial charge in [0.05, 0.1) is 11.8 Å². The van der Waals surface area contributed by atoms with Gasteiger partial charge in [-0.1, -0.05) is 30.3 Å². The van der Waals surface area contributed by atoms with Crippen molar-refractivity contribution in [3.63, 3.8) is 0 Å². The van der Waals surface area contributed by atoms with Gasteiger partial charge in [0, 0.05) is 24.6 Å². The summed E-state index contributed by atoms with van der Waals surface area (Å²) in [4.78, 5) is 26.7. The number of carbonyl (C=O) groups excluding carboxylic acids is 2. The summed E-state index contributed by atoms with van der Waals surface area (Å²) in [5.41, 5.74) is 1.07. The first kappa shape index (κ1) is 22.4. The van der Waals surface area contributed by atoms with E-state index in [1.807, 2.05) is 20.8 Å². The lowest BCUT2D eigenvalue weighted by molar-refractivity contribution is -0.133. The fourth-order valence-corrected chi connectivity index (χ4v) is 3.31. The number of amides is 3. The van der Waals surface area contributed by atoms with Crippen molar-refractivity contribution in [2.24, 2.45) is 5.10 Å². The van der Waals surface area contributed by atoms with Crippen LogP contribution in [0.3, 0.4) is 0 Å². The molecule has 31 heavy (non-hydrogen) atoms. The van der Waals surface area contributed by atoms with Crippen molar-refractivity contribution in [3.8, 4) is 0 Å². The van der Waals surface area contributed by atoms with Crippen LogP contribution >= 0.6 is 0 Å². The average Bonchev–Trinajstić information content (AvgIpc) is 3.13. The fraction of sp³-hybridized carbons (Fsp3) is 0.348. The molecule has 0 spiro atoms. The molecule has 6 nitrogen and oxygen atoms in total. The van der Waals surface area contributed by atoms with Crippen molar-refractivity contribution in [2.75, 3.05) is 13.6 Å². The van der Waals surface area contributed by atoms with Crippen LogP contribution in [-0.4, -0.2) is 46.7 Å². The van der Waals surface area contributed by atoms with Crippen molar-refractivity contribution in [1.29, 1.82) is 0 Å². The van der Waals surface area contributed by atoms with E-state index in [0.717, 1.165) is 0 Å². The van der Waals surface area contributed by atoms with Gasteiger partial charge in [-0.2, -0.15) is 5.10 Å². The van der Waals surface area contributed by atoms with Crippen LogP contribution in [0.5, 0.6) is 0 Å². The van der Waals surface area contributed by atoms with Gasteiger partial charge < -0.3 is 10.2 Å². The van der Waals surface area contributed by atoms with E-state index in [4.69, 9.17) is 0 Å². The van der Waals surface area contributed by atoms with Gasteiger partial charge in [-0.25, -0.2) is 18.6 Å². The molecule has 0 radical (unpaired) electrons. The molecule has 164 valence electrons. The Morgan fingerprint density at radius 1 is 1.13 bits per heavy atom. The van der Waals surface area contributed by atoms with Gasteiger partial charge in [0.25, 0.3) is 5.91 Å². The maximum atomic E-state index is 14.5. The van der Waals surface area contributed by atoms with E-state index >= 15 is 0 Å². The zero-order valence-corrected chi connectivity index (χ0v) is 18.0. The number of hydrogen-bond donors (Lipinski definition) is 1. The number of hydrazone groups is 1. The standard InChI is InChI=1S/C23H26F2N4O2/c1-23(2,3)26-22(31)28(4)14-21(30)29-20(17-7-5-6-8-18(17)25)13-19(27-29)15-9-11-16(24)12-10-15/h5-12,20H,13-14H2,1-4H3,(H,26,31)/t20-/m0/s1. The Hall–Kier alpha value is -3.29. The SMILES string of the molecule is CN(CC(=O)N1N=C(c2ccc(F)cc2)C[C@H]1c1ccccc1F)C(=O)NC(C)(C)C. The number of carbonyl (C=O) groups is 2. The minimum absolute atomic E-state index is 0.229. The van der Waals surface area contributed by atoms with E-state index in [2.05, 4.69) is 10.4 Å². The molecule has 3 amide bonds. The molecule has 8 heteroatoms. The molecule has 1 heterocycles. The molecule has 0 saturated heterocycles. The minimum atomic E-state index is -0.659. The zero-order chi connectivity index (χ0) is 22.8. The lowest BCUT2D eigenvalue weighted by Crippen LogP contribution is -2.49. The van der Waals surface area contributed by atoms with Gasteiger partial charge in [0.15, 0.2) is 0 Å². The normalized spacial score (nSPS) is 16.1. The smallest absolute Gasteiger partial charge is 0.318 e. The van der Waals surface area contributed by atoms with Gasteiger partial charge in [-0.05, 0) is 44.5 Å². The van der Waals surface area contributed by atoms with E-state index in [1.54, 1.807) is 30.3 Å². The van der Waals surface area contributed by atoms with Crippen LogP contribution in [0.25, 0.3) is 0 Å². The third-order valence-corrected chi connectivity index (χ3v) is 4.81. The average molecular weight is 428 g/mol. The van der Waals surface area contributed by atoms with Gasteiger partial charge in [0.1, 0.15) is 18.2 Å². The minimum Gasteiger partial charge on any atom is -0.333 e. The number of benzene rings is 2. The number of rotatable bonds is 4. The topological polar surface area (TPSA) is 65.0 Å². The Balaban J connectivity index is 1.86. The monoisotopic (exact) mass is 428 g/mol. The quantitative estimate of drug-likeness (QED) is 0.798. The van der Waals surface area contributed by atoms with Crippen molar-refractivity contribution in [1.82, 2.24) is 15.2 Å². The molecule has 1 aliphatic heterocycles. The van der Waals surface area contributed by atoms with Crippen molar-refractivity contribution < 1.29 is 18.4 Å². The number of hydrogen-bond acceptors (Lipinski definition) is 3. The van der Waals surface area contributed by atoms with Crippen molar-refractivity contribution in [3.05, 3.63) is 71.3 Å². The number of urea groups is 1. The molecule has 2 aromatic carbocycles. The molecule has 0 bridgehead atoms. The van der Waals surface area contributed by atoms with Crippen LogP contribution in [0.1, 0.15) is 44.4 Å². The van der Waals surface area contributed by atoms with E-state index in [9.17, 15) is 18.4 Å². The third kappa shape index (κ3) is 5.45. The van der Waals surface area contributed by atoms with Crippen LogP contribution in [0.4, 0.5) is 13.6 Å². The van der Waals surface area contributed by atoms with Gasteiger partial charge >= 0.3 is 6.03 Å². The highest BCUT2D eigenvalue weighted by molar-refractivity contribution is 6.03. The first-order valence-corrected chi connectivity index (χ1v) is 9.98. The molecule has 3 rings (SSSR count). The lowest BCUT2D eigenvalue weighted by Gasteiger charge is -2.28. The van der Waals surface area contributed by atoms with E-state index in [1.165, 1.54) is 35.2 Å². The van der Waals surface area contributed by atoms with Crippen molar-refractivity contribution in [2.45, 2.75) is 38.8 Å². The second kappa shape index (κ2) is 8.83. The lowest BCUT2D eigenvalue weighted by atomic mass is 9.98. The number of nitrogens with one attached hydrogen (secondary N) is 1. The van der Waals surface area contributed by atoms with Crippen LogP contribution in [0, 0.1) is 11.6 Å². The molecular formula is C23H26F2N4O2. The van der Waals surface area contributed by atoms with Gasteiger partial charge in [-0.15, -0.1) is 0 Å². The molecule has 1 aliphatic rings. The molecule has 0 aliphatic carbocycles. The van der Waals surface area contributed by atoms with Gasteiger partial charge in [-0.3, -0.25) is 4.79 Å². The second-order valence-electron chi connectivity index (χ2n) is 8.57. The Labute approximate surface area is 180 Å². The molecule has 0 saturated carbocycles. The highest BCUT2D eigenvalue weighted by Crippen LogP contribution is 2.34. The van der Waals surface area contributed by atoms with Crippen molar-refractivity contribution >= 4 is 17.6 Å². The predicted molar refractivity (Wildman–Crippen MR) is 114 cm³/mol. The summed E-state index contributed by atoms with van der Waals surface area (Å²) in [5, 5.41) is 8.44. The molecule has 1 N–H and O–H groups in total. The Morgan fingerprint density at radius 2 is 1.77 bits per heavy atom. The highest BCUT2D eigenvalue weighted by atomic mass is 19.1. The number of nitrogens with zero attached hydrogens (tertiary/aromatic N) is 3. The fourth-order valence-electron chi connectivity index (χ4n) is 3.31. The third-order valence-electron chi connectivity index (χ3n) is 4.81. The van der Waals surface area contributed by atoms with Crippen LogP contribution < -0.4 is 5.32 Å². The predicted octanol–water partition coefficient (Wildman–Crippen LogP) is 4.08. The molecule has 0 fully saturated rings. The van der Waals surface area contributed by atoms with E-state index < -0.39 is 29.3 Å². The molecule has 1 atom stereocenters. The van der Waals surface area contributed by atoms with Crippen LogP contribution in [0.2, 0.25) is 0 Å². The molecule has 0 unspecified atom stereocenters. The summed E-state index contributed by atoms with van der Waals surface area (Å²) in [6.45, 7) is 5.30. The summed E-state index contributed by atoms with van der Waals surface area (Å²) in [7, 11) is 1.51. The summed E-state index contributed by atoms with van der Waals surface area (Å²) in [6.07, 6.45) is 0.274. The largest absolute Gasteiger partial charge is 0.333 e. The summed E-state index contributed by atoms with van der Waals surface area (Å²) in [6, 6.07) is 10.9. The van der Waals surface area contributed by atoms with Gasteiger partial charge in [0.2, 0.25) is 0 Å².